The third-order valence-electron chi connectivity index (χ3n) is 6.00. The second kappa shape index (κ2) is 7.08. The molecule has 5 rings (SSSR count). The average Bonchev–Trinajstić information content (AvgIpc) is 3.01. The molecule has 2 aromatic rings. The van der Waals surface area contributed by atoms with E-state index in [4.69, 9.17) is 0 Å². The monoisotopic (exact) mass is 390 g/mol. The van der Waals surface area contributed by atoms with Crippen LogP contribution in [0.5, 0.6) is 0 Å². The molecule has 0 spiro atoms. The maximum atomic E-state index is 12.8. The maximum Gasteiger partial charge on any atom is 0.255 e. The van der Waals surface area contributed by atoms with E-state index in [1.165, 1.54) is 12.0 Å². The molecule has 29 heavy (non-hydrogen) atoms. The van der Waals surface area contributed by atoms with Gasteiger partial charge in [0.15, 0.2) is 0 Å². The molecule has 7 heteroatoms. The van der Waals surface area contributed by atoms with Crippen LogP contribution in [-0.2, 0) is 22.7 Å². The predicted molar refractivity (Wildman–Crippen MR) is 106 cm³/mol. The van der Waals surface area contributed by atoms with Crippen molar-refractivity contribution in [3.05, 3.63) is 53.2 Å². The number of pyridine rings is 1. The number of carbonyl (C=O) groups is 3. The fraction of sp³-hybridized carbons (Fsp3) is 0.364. The minimum atomic E-state index is -0.589. The summed E-state index contributed by atoms with van der Waals surface area (Å²) in [6, 6.07) is 9.30. The Morgan fingerprint density at radius 1 is 1.10 bits per heavy atom. The topological polar surface area (TPSA) is 82.6 Å². The van der Waals surface area contributed by atoms with Gasteiger partial charge in [0.2, 0.25) is 11.8 Å². The lowest BCUT2D eigenvalue weighted by Gasteiger charge is -2.30. The molecule has 0 bridgehead atoms. The first-order valence-corrected chi connectivity index (χ1v) is 10.0. The van der Waals surface area contributed by atoms with Crippen molar-refractivity contribution in [3.63, 3.8) is 0 Å². The van der Waals surface area contributed by atoms with Gasteiger partial charge < -0.3 is 4.90 Å². The molecule has 2 saturated heterocycles. The summed E-state index contributed by atoms with van der Waals surface area (Å²) in [5.41, 5.74) is 4.60. The largest absolute Gasteiger partial charge is 0.322 e. The molecule has 0 saturated carbocycles. The number of benzene rings is 1. The molecule has 1 N–H and O–H groups in total. The highest BCUT2D eigenvalue weighted by Crippen LogP contribution is 2.31. The molecule has 0 radical (unpaired) electrons. The van der Waals surface area contributed by atoms with E-state index in [0.29, 0.717) is 18.5 Å². The van der Waals surface area contributed by atoms with Crippen molar-refractivity contribution in [3.8, 4) is 11.3 Å². The minimum absolute atomic E-state index is 0.152. The van der Waals surface area contributed by atoms with Crippen molar-refractivity contribution in [2.75, 3.05) is 13.1 Å². The standard InChI is InChI=1S/C22H22N4O3/c27-20-5-4-19(21(28)24-20)26-13-16-11-15(2-3-17(16)22(26)29)18-10-14(6-7-23-18)12-25-8-1-9-25/h2-3,6-7,10-11,19H,1,4-5,8-9,12-13H2,(H,24,27,28). The summed E-state index contributed by atoms with van der Waals surface area (Å²) in [7, 11) is 0. The van der Waals surface area contributed by atoms with Gasteiger partial charge in [-0.2, -0.15) is 0 Å². The Hall–Kier alpha value is -3.06. The molecule has 1 aromatic carbocycles. The first kappa shape index (κ1) is 18.0. The molecule has 4 heterocycles. The number of nitrogens with one attached hydrogen (secondary N) is 1. The smallest absolute Gasteiger partial charge is 0.255 e. The summed E-state index contributed by atoms with van der Waals surface area (Å²) >= 11 is 0. The number of rotatable bonds is 4. The summed E-state index contributed by atoms with van der Waals surface area (Å²) in [5.74, 6) is -0.814. The molecular formula is C22H22N4O3. The maximum absolute atomic E-state index is 12.8. The Labute approximate surface area is 168 Å². The van der Waals surface area contributed by atoms with Gasteiger partial charge in [-0.05, 0) is 61.3 Å². The molecule has 0 aliphatic carbocycles. The van der Waals surface area contributed by atoms with Crippen LogP contribution in [0.3, 0.4) is 0 Å². The van der Waals surface area contributed by atoms with Crippen LogP contribution < -0.4 is 5.32 Å². The highest BCUT2D eigenvalue weighted by Gasteiger charge is 2.39. The van der Waals surface area contributed by atoms with Crippen molar-refractivity contribution in [1.82, 2.24) is 20.1 Å². The lowest BCUT2D eigenvalue weighted by atomic mass is 10.0. The van der Waals surface area contributed by atoms with E-state index in [-0.39, 0.29) is 24.1 Å². The molecule has 3 amide bonds. The third kappa shape index (κ3) is 3.31. The van der Waals surface area contributed by atoms with Crippen LogP contribution in [-0.4, -0.2) is 51.6 Å². The highest BCUT2D eigenvalue weighted by molar-refractivity contribution is 6.05. The lowest BCUT2D eigenvalue weighted by molar-refractivity contribution is -0.136. The number of hydrogen-bond acceptors (Lipinski definition) is 5. The number of imide groups is 1. The van der Waals surface area contributed by atoms with E-state index < -0.39 is 6.04 Å². The van der Waals surface area contributed by atoms with Gasteiger partial charge in [-0.25, -0.2) is 0 Å². The van der Waals surface area contributed by atoms with Gasteiger partial charge in [0.05, 0.1) is 5.69 Å². The average molecular weight is 390 g/mol. The SMILES string of the molecule is O=C1CCC(N2Cc3cc(-c4cc(CN5CCC5)ccn4)ccc3C2=O)C(=O)N1. The van der Waals surface area contributed by atoms with Gasteiger partial charge in [0.1, 0.15) is 6.04 Å². The van der Waals surface area contributed by atoms with Gasteiger partial charge in [-0.1, -0.05) is 6.07 Å². The number of aromatic nitrogens is 1. The fourth-order valence-electron chi connectivity index (χ4n) is 4.26. The number of fused-ring (bicyclic) bond motifs is 1. The number of likely N-dealkylation sites (tertiary alicyclic amines) is 1. The third-order valence-corrected chi connectivity index (χ3v) is 6.00. The van der Waals surface area contributed by atoms with Crippen molar-refractivity contribution < 1.29 is 14.4 Å². The summed E-state index contributed by atoms with van der Waals surface area (Å²) < 4.78 is 0. The molecular weight excluding hydrogens is 368 g/mol. The van der Waals surface area contributed by atoms with E-state index in [1.54, 1.807) is 4.90 Å². The number of carbonyl (C=O) groups excluding carboxylic acids is 3. The Morgan fingerprint density at radius 2 is 1.97 bits per heavy atom. The van der Waals surface area contributed by atoms with Crippen LogP contribution in [0, 0.1) is 0 Å². The van der Waals surface area contributed by atoms with Crippen LogP contribution in [0.4, 0.5) is 0 Å². The molecule has 3 aliphatic heterocycles. The van der Waals surface area contributed by atoms with Crippen LogP contribution in [0.2, 0.25) is 0 Å². The fourth-order valence-corrected chi connectivity index (χ4v) is 4.26. The number of hydrogen-bond donors (Lipinski definition) is 1. The van der Waals surface area contributed by atoms with Gasteiger partial charge in [0, 0.05) is 36.8 Å². The summed E-state index contributed by atoms with van der Waals surface area (Å²) in [6.07, 6.45) is 3.73. The first-order chi connectivity index (χ1) is 14.1. The quantitative estimate of drug-likeness (QED) is 0.804. The van der Waals surface area contributed by atoms with E-state index in [1.807, 2.05) is 30.5 Å². The Kier molecular flexibility index (Phi) is 4.39. The number of piperidine rings is 1. The van der Waals surface area contributed by atoms with Crippen molar-refractivity contribution >= 4 is 17.7 Å². The van der Waals surface area contributed by atoms with E-state index >= 15 is 0 Å². The number of nitrogens with zero attached hydrogens (tertiary/aromatic N) is 3. The first-order valence-electron chi connectivity index (χ1n) is 10.0. The highest BCUT2D eigenvalue weighted by atomic mass is 16.2. The van der Waals surface area contributed by atoms with Gasteiger partial charge in [-0.3, -0.25) is 29.6 Å². The minimum Gasteiger partial charge on any atom is -0.322 e. The zero-order valence-corrected chi connectivity index (χ0v) is 16.1. The van der Waals surface area contributed by atoms with Crippen molar-refractivity contribution in [1.29, 1.82) is 0 Å². The van der Waals surface area contributed by atoms with E-state index in [0.717, 1.165) is 36.5 Å². The van der Waals surface area contributed by atoms with E-state index in [2.05, 4.69) is 21.3 Å². The normalized spacial score (nSPS) is 21.7. The zero-order valence-electron chi connectivity index (χ0n) is 16.1. The molecule has 148 valence electrons. The van der Waals surface area contributed by atoms with Gasteiger partial charge in [0.25, 0.3) is 5.91 Å². The van der Waals surface area contributed by atoms with Crippen LogP contribution in [0.15, 0.2) is 36.5 Å². The Balaban J connectivity index is 1.38. The molecule has 3 aliphatic rings. The Bertz CT molecular complexity index is 1010. The summed E-state index contributed by atoms with van der Waals surface area (Å²) in [5, 5.41) is 2.34. The molecule has 1 unspecified atom stereocenters. The summed E-state index contributed by atoms with van der Waals surface area (Å²) in [4.78, 5) is 44.9. The summed E-state index contributed by atoms with van der Waals surface area (Å²) in [6.45, 7) is 3.60. The predicted octanol–water partition coefficient (Wildman–Crippen LogP) is 1.72. The van der Waals surface area contributed by atoms with E-state index in [9.17, 15) is 14.4 Å². The van der Waals surface area contributed by atoms with Crippen molar-refractivity contribution in [2.45, 2.75) is 38.4 Å². The van der Waals surface area contributed by atoms with Crippen LogP contribution in [0.25, 0.3) is 11.3 Å². The molecule has 7 nitrogen and oxygen atoms in total. The van der Waals surface area contributed by atoms with Crippen LogP contribution in [0.1, 0.15) is 40.7 Å². The Morgan fingerprint density at radius 3 is 2.72 bits per heavy atom. The zero-order chi connectivity index (χ0) is 20.0. The van der Waals surface area contributed by atoms with Crippen molar-refractivity contribution in [2.24, 2.45) is 0 Å². The molecule has 2 fully saturated rings. The van der Waals surface area contributed by atoms with Gasteiger partial charge >= 0.3 is 0 Å². The molecule has 1 atom stereocenters. The second-order valence-electron chi connectivity index (χ2n) is 7.95. The number of amides is 3. The van der Waals surface area contributed by atoms with Crippen LogP contribution >= 0.6 is 0 Å². The molecule has 1 aromatic heterocycles. The van der Waals surface area contributed by atoms with Gasteiger partial charge in [-0.15, -0.1) is 0 Å². The second-order valence-corrected chi connectivity index (χ2v) is 7.95. The lowest BCUT2D eigenvalue weighted by Crippen LogP contribution is -2.52.